The molecule has 0 aliphatic rings. The topological polar surface area (TPSA) is 6.48 Å². The molecule has 0 saturated heterocycles. The van der Waals surface area contributed by atoms with Crippen molar-refractivity contribution in [3.8, 4) is 0 Å². The van der Waals surface area contributed by atoms with Crippen LogP contribution in [0.4, 0.5) is 11.4 Å². The molecule has 0 atom stereocenters. The normalized spacial score (nSPS) is 11.1. The molecule has 0 aliphatic heterocycles. The van der Waals surface area contributed by atoms with E-state index in [9.17, 15) is 0 Å². The fraction of sp³-hybridized carbons (Fsp3) is 0.455. The van der Waals surface area contributed by atoms with Crippen LogP contribution in [-0.2, 0) is 6.42 Å². The number of anilines is 2. The second kappa shape index (κ2) is 14.0. The summed E-state index contributed by atoms with van der Waals surface area (Å²) in [4.78, 5) is 4.31. The van der Waals surface area contributed by atoms with Gasteiger partial charge in [-0.15, -0.1) is 0 Å². The summed E-state index contributed by atoms with van der Waals surface area (Å²) in [5, 5.41) is 0. The minimum absolute atomic E-state index is 0.236. The third kappa shape index (κ3) is 8.16. The highest BCUT2D eigenvalue weighted by Crippen LogP contribution is 2.34. The third-order valence-corrected chi connectivity index (χ3v) is 7.12. The lowest BCUT2D eigenvalue weighted by Gasteiger charge is -2.22. The summed E-state index contributed by atoms with van der Waals surface area (Å²) in [6, 6.07) is 27.5. The zero-order valence-corrected chi connectivity index (χ0v) is 22.8. The first kappa shape index (κ1) is 26.9. The molecule has 0 saturated carbocycles. The van der Waals surface area contributed by atoms with Gasteiger partial charge in [-0.25, -0.2) is 0 Å². The van der Waals surface area contributed by atoms with E-state index in [0.29, 0.717) is 0 Å². The van der Waals surface area contributed by atoms with Gasteiger partial charge in [0.2, 0.25) is 0 Å². The van der Waals surface area contributed by atoms with E-state index < -0.39 is 0 Å². The van der Waals surface area contributed by atoms with Crippen LogP contribution in [0.5, 0.6) is 0 Å². The largest absolute Gasteiger partial charge is 0.378 e. The van der Waals surface area contributed by atoms with Crippen LogP contribution in [0, 0.1) is 0 Å². The summed E-state index contributed by atoms with van der Waals surface area (Å²) in [7, 11) is 8.38. The highest BCUT2D eigenvalue weighted by atomic mass is 15.1. The van der Waals surface area contributed by atoms with Gasteiger partial charge < -0.3 is 9.80 Å². The Kier molecular flexibility index (Phi) is 10.7. The Labute approximate surface area is 215 Å². The van der Waals surface area contributed by atoms with E-state index >= 15 is 0 Å². The van der Waals surface area contributed by atoms with Crippen LogP contribution in [-0.4, -0.2) is 28.2 Å². The lowest BCUT2D eigenvalue weighted by atomic mass is 9.84. The zero-order chi connectivity index (χ0) is 25.0. The molecule has 0 aliphatic carbocycles. The number of unbranched alkanes of at least 4 members (excludes halogenated alkanes) is 7. The van der Waals surface area contributed by atoms with Gasteiger partial charge in [0, 0.05) is 45.5 Å². The molecule has 188 valence electrons. The van der Waals surface area contributed by atoms with Gasteiger partial charge in [0.15, 0.2) is 0 Å². The maximum absolute atomic E-state index is 2.35. The van der Waals surface area contributed by atoms with Gasteiger partial charge in [0.25, 0.3) is 0 Å². The number of hydrogen-bond donors (Lipinski definition) is 0. The average Bonchev–Trinajstić information content (AvgIpc) is 2.87. The second-order valence-electron chi connectivity index (χ2n) is 10.4. The maximum atomic E-state index is 2.35. The Morgan fingerprint density at radius 2 is 0.857 bits per heavy atom. The Balaban J connectivity index is 1.70. The van der Waals surface area contributed by atoms with Crippen molar-refractivity contribution in [2.75, 3.05) is 38.0 Å². The molecule has 0 spiro atoms. The lowest BCUT2D eigenvalue weighted by molar-refractivity contribution is 0.575. The summed E-state index contributed by atoms with van der Waals surface area (Å²) in [5.41, 5.74) is 7.96. The molecule has 0 N–H and O–H groups in total. The van der Waals surface area contributed by atoms with Gasteiger partial charge in [-0.2, -0.15) is 0 Å². The standard InChI is InChI=1S/C33H46N2/c1-6-7-8-9-10-11-12-13-14-27-15-17-28(18-16-27)33(29-19-23-31(24-20-29)34(2)3)30-21-25-32(26-22-30)35(4)5/h15-26,33H,6-14H2,1-5H3. The SMILES string of the molecule is CCCCCCCCCCc1ccc(C(c2ccc(N(C)C)cc2)c2ccc(N(C)C)cc2)cc1. The summed E-state index contributed by atoms with van der Waals surface area (Å²) in [6.45, 7) is 2.29. The Hall–Kier alpha value is -2.74. The van der Waals surface area contributed by atoms with Crippen LogP contribution in [0.25, 0.3) is 0 Å². The van der Waals surface area contributed by atoms with Crippen molar-refractivity contribution < 1.29 is 0 Å². The van der Waals surface area contributed by atoms with E-state index in [4.69, 9.17) is 0 Å². The third-order valence-electron chi connectivity index (χ3n) is 7.12. The smallest absolute Gasteiger partial charge is 0.0361 e. The lowest BCUT2D eigenvalue weighted by Crippen LogP contribution is -2.10. The number of rotatable bonds is 14. The number of nitrogens with zero attached hydrogens (tertiary/aromatic N) is 2. The van der Waals surface area contributed by atoms with Gasteiger partial charge in [0.05, 0.1) is 0 Å². The van der Waals surface area contributed by atoms with Crippen molar-refractivity contribution in [2.45, 2.75) is 70.6 Å². The maximum Gasteiger partial charge on any atom is 0.0361 e. The molecular formula is C33H46N2. The molecule has 0 aromatic heterocycles. The fourth-order valence-electron chi connectivity index (χ4n) is 4.85. The van der Waals surface area contributed by atoms with Crippen molar-refractivity contribution in [2.24, 2.45) is 0 Å². The van der Waals surface area contributed by atoms with Crippen molar-refractivity contribution in [1.29, 1.82) is 0 Å². The fourth-order valence-corrected chi connectivity index (χ4v) is 4.85. The van der Waals surface area contributed by atoms with Gasteiger partial charge >= 0.3 is 0 Å². The van der Waals surface area contributed by atoms with Crippen LogP contribution in [0.2, 0.25) is 0 Å². The summed E-state index contributed by atoms with van der Waals surface area (Å²) < 4.78 is 0. The van der Waals surface area contributed by atoms with Gasteiger partial charge in [-0.3, -0.25) is 0 Å². The molecule has 2 heteroatoms. The van der Waals surface area contributed by atoms with Crippen molar-refractivity contribution in [3.63, 3.8) is 0 Å². The number of aryl methyl sites for hydroxylation is 1. The first-order valence-electron chi connectivity index (χ1n) is 13.6. The minimum atomic E-state index is 0.236. The van der Waals surface area contributed by atoms with Crippen molar-refractivity contribution >= 4 is 11.4 Å². The molecule has 3 aromatic rings. The van der Waals surface area contributed by atoms with E-state index in [1.54, 1.807) is 0 Å². The van der Waals surface area contributed by atoms with E-state index in [-0.39, 0.29) is 5.92 Å². The first-order chi connectivity index (χ1) is 17.0. The van der Waals surface area contributed by atoms with Crippen molar-refractivity contribution in [3.05, 3.63) is 95.1 Å². The van der Waals surface area contributed by atoms with Crippen LogP contribution in [0.1, 0.15) is 86.5 Å². The molecule has 0 unspecified atom stereocenters. The van der Waals surface area contributed by atoms with Crippen LogP contribution in [0.3, 0.4) is 0 Å². The molecule has 35 heavy (non-hydrogen) atoms. The zero-order valence-electron chi connectivity index (χ0n) is 22.8. The molecule has 3 aromatic carbocycles. The molecule has 0 heterocycles. The monoisotopic (exact) mass is 470 g/mol. The average molecular weight is 471 g/mol. The molecule has 0 radical (unpaired) electrons. The van der Waals surface area contributed by atoms with E-state index in [1.807, 2.05) is 0 Å². The van der Waals surface area contributed by atoms with E-state index in [1.165, 1.54) is 91.4 Å². The number of benzene rings is 3. The molecular weight excluding hydrogens is 424 g/mol. The molecule has 0 bridgehead atoms. The Bertz CT molecular complexity index is 918. The first-order valence-corrected chi connectivity index (χ1v) is 13.6. The van der Waals surface area contributed by atoms with Crippen molar-refractivity contribution in [1.82, 2.24) is 0 Å². The van der Waals surface area contributed by atoms with E-state index in [0.717, 1.165) is 0 Å². The van der Waals surface area contributed by atoms with Crippen LogP contribution < -0.4 is 9.80 Å². The quantitative estimate of drug-likeness (QED) is 0.172. The van der Waals surface area contributed by atoms with Crippen LogP contribution >= 0.6 is 0 Å². The highest BCUT2D eigenvalue weighted by Gasteiger charge is 2.17. The predicted octanol–water partition coefficient (Wildman–Crippen LogP) is 8.68. The predicted molar refractivity (Wildman–Crippen MR) is 155 cm³/mol. The van der Waals surface area contributed by atoms with Gasteiger partial charge in [-0.1, -0.05) is 100 Å². The molecule has 3 rings (SSSR count). The molecule has 0 amide bonds. The summed E-state index contributed by atoms with van der Waals surface area (Å²) in [5.74, 6) is 0.236. The second-order valence-corrected chi connectivity index (χ2v) is 10.4. The Morgan fingerprint density at radius 1 is 0.486 bits per heavy atom. The van der Waals surface area contributed by atoms with Crippen LogP contribution in [0.15, 0.2) is 72.8 Å². The Morgan fingerprint density at radius 3 is 1.26 bits per heavy atom. The minimum Gasteiger partial charge on any atom is -0.378 e. The van der Waals surface area contributed by atoms with Gasteiger partial charge in [-0.05, 0) is 59.4 Å². The summed E-state index contributed by atoms with van der Waals surface area (Å²) in [6.07, 6.45) is 12.2. The highest BCUT2D eigenvalue weighted by molar-refractivity contribution is 5.53. The van der Waals surface area contributed by atoms with E-state index in [2.05, 4.69) is 118 Å². The molecule has 2 nitrogen and oxygen atoms in total. The van der Waals surface area contributed by atoms with Gasteiger partial charge in [0.1, 0.15) is 0 Å². The molecule has 0 fully saturated rings. The summed E-state index contributed by atoms with van der Waals surface area (Å²) >= 11 is 0. The number of hydrogen-bond acceptors (Lipinski definition) is 2.